The molecule has 5 rings (SSSR count). The van der Waals surface area contributed by atoms with E-state index in [-0.39, 0.29) is 5.41 Å². The van der Waals surface area contributed by atoms with Gasteiger partial charge in [-0.15, -0.1) is 0 Å². The first kappa shape index (κ1) is 16.3. The average Bonchev–Trinajstić information content (AvgIpc) is 2.94. The van der Waals surface area contributed by atoms with Crippen LogP contribution in [0.1, 0.15) is 43.4 Å². The lowest BCUT2D eigenvalue weighted by Gasteiger charge is -2.25. The number of rotatable bonds is 2. The molecule has 0 bridgehead atoms. The summed E-state index contributed by atoms with van der Waals surface area (Å²) in [5, 5.41) is 2.60. The van der Waals surface area contributed by atoms with Crippen LogP contribution >= 0.6 is 0 Å². The van der Waals surface area contributed by atoms with Crippen LogP contribution in [0, 0.1) is 0 Å². The van der Waals surface area contributed by atoms with Crippen molar-refractivity contribution in [3.05, 3.63) is 107 Å². The Morgan fingerprint density at radius 1 is 0.778 bits per heavy atom. The summed E-state index contributed by atoms with van der Waals surface area (Å²) >= 11 is 0. The maximum atomic E-state index is 2.44. The maximum absolute atomic E-state index is 2.44. The fourth-order valence-electron chi connectivity index (χ4n) is 4.67. The van der Waals surface area contributed by atoms with Crippen LogP contribution in [0.2, 0.25) is 0 Å². The molecule has 0 N–H and O–H groups in total. The van der Waals surface area contributed by atoms with Crippen molar-refractivity contribution in [2.75, 3.05) is 0 Å². The second-order valence-corrected chi connectivity index (χ2v) is 8.22. The molecule has 2 aliphatic carbocycles. The summed E-state index contributed by atoms with van der Waals surface area (Å²) < 4.78 is 0. The van der Waals surface area contributed by atoms with Crippen molar-refractivity contribution in [3.8, 4) is 0 Å². The van der Waals surface area contributed by atoms with Crippen molar-refractivity contribution in [2.45, 2.75) is 32.1 Å². The van der Waals surface area contributed by atoms with Crippen LogP contribution in [0.3, 0.4) is 0 Å². The molecule has 0 atom stereocenters. The second-order valence-electron chi connectivity index (χ2n) is 8.22. The third-order valence-electron chi connectivity index (χ3n) is 6.18. The lowest BCUT2D eigenvalue weighted by Crippen LogP contribution is -2.17. The normalized spacial score (nSPS) is 17.9. The fraction of sp³-hybridized carbons (Fsp3) is 0.185. The Labute approximate surface area is 161 Å². The Morgan fingerprint density at radius 3 is 2.44 bits per heavy atom. The molecular formula is C27H24. The van der Waals surface area contributed by atoms with Crippen LogP contribution in [0.15, 0.2) is 90.0 Å². The summed E-state index contributed by atoms with van der Waals surface area (Å²) in [5.74, 6) is 0. The van der Waals surface area contributed by atoms with Crippen molar-refractivity contribution in [1.82, 2.24) is 0 Å². The predicted molar refractivity (Wildman–Crippen MR) is 117 cm³/mol. The van der Waals surface area contributed by atoms with Gasteiger partial charge in [0.2, 0.25) is 0 Å². The van der Waals surface area contributed by atoms with Crippen LogP contribution in [0.5, 0.6) is 0 Å². The lowest BCUT2D eigenvalue weighted by atomic mass is 9.79. The van der Waals surface area contributed by atoms with E-state index in [0.29, 0.717) is 0 Å². The lowest BCUT2D eigenvalue weighted by molar-refractivity contribution is 0.650. The van der Waals surface area contributed by atoms with Gasteiger partial charge in [0.05, 0.1) is 0 Å². The Morgan fingerprint density at radius 2 is 1.56 bits per heavy atom. The number of hydrogen-bond donors (Lipinski definition) is 0. The highest BCUT2D eigenvalue weighted by atomic mass is 14.4. The molecule has 3 aromatic rings. The third-order valence-corrected chi connectivity index (χ3v) is 6.18. The smallest absolute Gasteiger partial charge is 0.0155 e. The van der Waals surface area contributed by atoms with Gasteiger partial charge in [0.1, 0.15) is 0 Å². The first-order valence-electron chi connectivity index (χ1n) is 9.84. The van der Waals surface area contributed by atoms with Crippen molar-refractivity contribution in [3.63, 3.8) is 0 Å². The van der Waals surface area contributed by atoms with Crippen molar-refractivity contribution >= 4 is 22.4 Å². The van der Waals surface area contributed by atoms with Crippen LogP contribution in [-0.2, 0) is 5.41 Å². The molecule has 0 unspecified atom stereocenters. The van der Waals surface area contributed by atoms with Gasteiger partial charge in [-0.3, -0.25) is 0 Å². The number of benzene rings is 3. The summed E-state index contributed by atoms with van der Waals surface area (Å²) in [6, 6.07) is 24.2. The minimum Gasteiger partial charge on any atom is -0.0619 e. The molecule has 0 heterocycles. The van der Waals surface area contributed by atoms with Gasteiger partial charge in [-0.25, -0.2) is 0 Å². The Balaban J connectivity index is 1.48. The standard InChI is InChI=1S/C27H24/c1-27(2)25-10-6-5-9-23(25)24-16-14-20(18-26(24)27)12-11-19-13-15-21-7-3-4-8-22(21)17-19/h3-13,15,17-18H,14,16H2,1-2H3/b12-11+. The van der Waals surface area contributed by atoms with Gasteiger partial charge in [-0.2, -0.15) is 0 Å². The maximum Gasteiger partial charge on any atom is 0.0155 e. The number of allylic oxidation sites excluding steroid dienone is 5. The summed E-state index contributed by atoms with van der Waals surface area (Å²) in [4.78, 5) is 0. The van der Waals surface area contributed by atoms with Gasteiger partial charge in [0, 0.05) is 5.41 Å². The van der Waals surface area contributed by atoms with Gasteiger partial charge < -0.3 is 0 Å². The van der Waals surface area contributed by atoms with E-state index < -0.39 is 0 Å². The van der Waals surface area contributed by atoms with E-state index in [2.05, 4.69) is 98.8 Å². The minimum absolute atomic E-state index is 0.106. The molecule has 0 aliphatic heterocycles. The Hall–Kier alpha value is -2.86. The molecule has 132 valence electrons. The summed E-state index contributed by atoms with van der Waals surface area (Å²) in [7, 11) is 0. The van der Waals surface area contributed by atoms with Crippen LogP contribution in [0.4, 0.5) is 0 Å². The zero-order valence-corrected chi connectivity index (χ0v) is 16.0. The largest absolute Gasteiger partial charge is 0.0619 e. The molecule has 0 radical (unpaired) electrons. The molecule has 0 heteroatoms. The molecule has 0 saturated carbocycles. The average molecular weight is 348 g/mol. The molecule has 3 aromatic carbocycles. The Bertz CT molecular complexity index is 1140. The van der Waals surface area contributed by atoms with Crippen LogP contribution < -0.4 is 0 Å². The van der Waals surface area contributed by atoms with Gasteiger partial charge in [0.15, 0.2) is 0 Å². The number of hydrogen-bond acceptors (Lipinski definition) is 0. The number of fused-ring (bicyclic) bond motifs is 3. The molecule has 0 amide bonds. The predicted octanol–water partition coefficient (Wildman–Crippen LogP) is 7.32. The first-order chi connectivity index (χ1) is 13.1. The van der Waals surface area contributed by atoms with Gasteiger partial charge in [-0.1, -0.05) is 92.7 Å². The quantitative estimate of drug-likeness (QED) is 0.455. The van der Waals surface area contributed by atoms with Crippen molar-refractivity contribution < 1.29 is 0 Å². The SMILES string of the molecule is CC1(C)C2=C(CCC(/C=C/c3ccc4ccccc4c3)=C2)c2ccccc21. The van der Waals surface area contributed by atoms with Crippen LogP contribution in [-0.4, -0.2) is 0 Å². The van der Waals surface area contributed by atoms with Gasteiger partial charge in [-0.05, 0) is 63.1 Å². The summed E-state index contributed by atoms with van der Waals surface area (Å²) in [6.07, 6.45) is 9.28. The second kappa shape index (κ2) is 6.09. The molecule has 0 aromatic heterocycles. The highest BCUT2D eigenvalue weighted by Gasteiger charge is 2.37. The molecule has 0 spiro atoms. The Kier molecular flexibility index (Phi) is 3.68. The topological polar surface area (TPSA) is 0 Å². The van der Waals surface area contributed by atoms with Gasteiger partial charge >= 0.3 is 0 Å². The zero-order valence-electron chi connectivity index (χ0n) is 16.0. The van der Waals surface area contributed by atoms with Crippen molar-refractivity contribution in [2.24, 2.45) is 0 Å². The minimum atomic E-state index is 0.106. The van der Waals surface area contributed by atoms with E-state index in [9.17, 15) is 0 Å². The van der Waals surface area contributed by atoms with E-state index >= 15 is 0 Å². The van der Waals surface area contributed by atoms with E-state index in [1.165, 1.54) is 38.6 Å². The van der Waals surface area contributed by atoms with E-state index in [0.717, 1.165) is 12.8 Å². The molecular weight excluding hydrogens is 324 g/mol. The fourth-order valence-corrected chi connectivity index (χ4v) is 4.67. The summed E-state index contributed by atoms with van der Waals surface area (Å²) in [5.41, 5.74) is 8.81. The van der Waals surface area contributed by atoms with Crippen LogP contribution in [0.25, 0.3) is 22.4 Å². The molecule has 0 nitrogen and oxygen atoms in total. The first-order valence-corrected chi connectivity index (χ1v) is 9.84. The van der Waals surface area contributed by atoms with Crippen molar-refractivity contribution in [1.29, 1.82) is 0 Å². The molecule has 27 heavy (non-hydrogen) atoms. The monoisotopic (exact) mass is 348 g/mol. The zero-order chi connectivity index (χ0) is 18.4. The van der Waals surface area contributed by atoms with Gasteiger partial charge in [0.25, 0.3) is 0 Å². The summed E-state index contributed by atoms with van der Waals surface area (Å²) in [6.45, 7) is 4.72. The highest BCUT2D eigenvalue weighted by Crippen LogP contribution is 2.50. The molecule has 2 aliphatic rings. The van der Waals surface area contributed by atoms with E-state index in [1.807, 2.05) is 0 Å². The third kappa shape index (κ3) is 2.68. The molecule has 0 fully saturated rings. The highest BCUT2D eigenvalue weighted by molar-refractivity contribution is 5.85. The molecule has 0 saturated heterocycles. The van der Waals surface area contributed by atoms with E-state index in [4.69, 9.17) is 0 Å². The van der Waals surface area contributed by atoms with E-state index in [1.54, 1.807) is 5.57 Å².